The van der Waals surface area contributed by atoms with Gasteiger partial charge in [-0.05, 0) is 36.7 Å². The monoisotopic (exact) mass is 205 g/mol. The Balaban J connectivity index is 2.45. The number of carbonyl (C=O) groups is 1. The van der Waals surface area contributed by atoms with Crippen molar-refractivity contribution < 1.29 is 9.53 Å². The highest BCUT2D eigenvalue weighted by Gasteiger charge is 2.24. The molecule has 0 fully saturated rings. The summed E-state index contributed by atoms with van der Waals surface area (Å²) < 4.78 is 5.17. The molecular formula is C12H15NO2. The van der Waals surface area contributed by atoms with Gasteiger partial charge >= 0.3 is 0 Å². The summed E-state index contributed by atoms with van der Waals surface area (Å²) in [4.78, 5) is 13.1. The van der Waals surface area contributed by atoms with Crippen LogP contribution in [0.5, 0.6) is 5.75 Å². The summed E-state index contributed by atoms with van der Waals surface area (Å²) in [6.45, 7) is 0.933. The molecule has 0 spiro atoms. The highest BCUT2D eigenvalue weighted by Crippen LogP contribution is 2.29. The Bertz CT molecular complexity index is 376. The SMILES string of the molecule is COc1ccc2c(c1)C(C=O)N(C)CC2. The summed E-state index contributed by atoms with van der Waals surface area (Å²) >= 11 is 0. The van der Waals surface area contributed by atoms with Gasteiger partial charge in [0.1, 0.15) is 12.0 Å². The second kappa shape index (κ2) is 4.03. The molecule has 0 radical (unpaired) electrons. The topological polar surface area (TPSA) is 29.5 Å². The van der Waals surface area contributed by atoms with Crippen LogP contribution in [-0.2, 0) is 11.2 Å². The highest BCUT2D eigenvalue weighted by atomic mass is 16.5. The van der Waals surface area contributed by atoms with Crippen molar-refractivity contribution in [2.75, 3.05) is 20.7 Å². The van der Waals surface area contributed by atoms with Gasteiger partial charge in [-0.3, -0.25) is 4.90 Å². The first-order valence-corrected chi connectivity index (χ1v) is 5.08. The predicted octanol–water partition coefficient (Wildman–Crippen LogP) is 1.42. The van der Waals surface area contributed by atoms with Gasteiger partial charge in [0.2, 0.25) is 0 Å². The van der Waals surface area contributed by atoms with Crippen LogP contribution in [0.3, 0.4) is 0 Å². The Morgan fingerprint density at radius 1 is 1.53 bits per heavy atom. The summed E-state index contributed by atoms with van der Waals surface area (Å²) in [5, 5.41) is 0. The number of methoxy groups -OCH3 is 1. The lowest BCUT2D eigenvalue weighted by molar-refractivity contribution is -0.112. The molecule has 1 aliphatic rings. The van der Waals surface area contributed by atoms with Crippen molar-refractivity contribution in [1.29, 1.82) is 0 Å². The van der Waals surface area contributed by atoms with Gasteiger partial charge in [0, 0.05) is 6.54 Å². The van der Waals surface area contributed by atoms with Crippen molar-refractivity contribution in [3.63, 3.8) is 0 Å². The van der Waals surface area contributed by atoms with E-state index in [1.165, 1.54) is 5.56 Å². The third kappa shape index (κ3) is 1.75. The van der Waals surface area contributed by atoms with E-state index in [4.69, 9.17) is 4.74 Å². The predicted molar refractivity (Wildman–Crippen MR) is 58.1 cm³/mol. The second-order valence-corrected chi connectivity index (χ2v) is 3.88. The maximum atomic E-state index is 11.1. The Hall–Kier alpha value is -1.35. The molecule has 3 nitrogen and oxygen atoms in total. The lowest BCUT2D eigenvalue weighted by Crippen LogP contribution is -2.32. The molecule has 1 aromatic carbocycles. The first-order chi connectivity index (χ1) is 7.26. The molecule has 0 aromatic heterocycles. The molecule has 2 rings (SSSR count). The summed E-state index contributed by atoms with van der Waals surface area (Å²) in [5.74, 6) is 0.816. The van der Waals surface area contributed by atoms with Gasteiger partial charge in [0.15, 0.2) is 0 Å². The van der Waals surface area contributed by atoms with E-state index in [1.807, 2.05) is 19.2 Å². The van der Waals surface area contributed by atoms with Gasteiger partial charge < -0.3 is 9.53 Å². The Morgan fingerprint density at radius 2 is 2.33 bits per heavy atom. The minimum Gasteiger partial charge on any atom is -0.497 e. The van der Waals surface area contributed by atoms with E-state index in [1.54, 1.807) is 7.11 Å². The van der Waals surface area contributed by atoms with E-state index in [2.05, 4.69) is 11.0 Å². The molecular weight excluding hydrogens is 190 g/mol. The van der Waals surface area contributed by atoms with Crippen molar-refractivity contribution in [3.05, 3.63) is 29.3 Å². The van der Waals surface area contributed by atoms with Crippen LogP contribution < -0.4 is 4.74 Å². The maximum absolute atomic E-state index is 11.1. The number of fused-ring (bicyclic) bond motifs is 1. The van der Waals surface area contributed by atoms with E-state index < -0.39 is 0 Å². The molecule has 1 atom stereocenters. The van der Waals surface area contributed by atoms with Gasteiger partial charge in [-0.1, -0.05) is 6.07 Å². The zero-order valence-corrected chi connectivity index (χ0v) is 9.06. The number of aldehydes is 1. The maximum Gasteiger partial charge on any atom is 0.141 e. The largest absolute Gasteiger partial charge is 0.497 e. The van der Waals surface area contributed by atoms with Crippen LogP contribution in [0.1, 0.15) is 17.2 Å². The number of rotatable bonds is 2. The van der Waals surface area contributed by atoms with E-state index in [0.717, 1.165) is 30.6 Å². The van der Waals surface area contributed by atoms with Gasteiger partial charge in [-0.2, -0.15) is 0 Å². The molecule has 0 aliphatic carbocycles. The first kappa shape index (κ1) is 10.2. The van der Waals surface area contributed by atoms with Crippen LogP contribution >= 0.6 is 0 Å². The summed E-state index contributed by atoms with van der Waals surface area (Å²) in [6, 6.07) is 5.84. The average Bonchev–Trinajstić information content (AvgIpc) is 2.28. The molecule has 0 amide bonds. The van der Waals surface area contributed by atoms with E-state index in [-0.39, 0.29) is 6.04 Å². The molecule has 1 aromatic rings. The molecule has 0 saturated heterocycles. The zero-order chi connectivity index (χ0) is 10.8. The quantitative estimate of drug-likeness (QED) is 0.684. The number of carbonyl (C=O) groups excluding carboxylic acids is 1. The molecule has 1 unspecified atom stereocenters. The van der Waals surface area contributed by atoms with Gasteiger partial charge in [0.05, 0.1) is 13.2 Å². The van der Waals surface area contributed by atoms with Crippen molar-refractivity contribution in [2.24, 2.45) is 0 Å². The standard InChI is InChI=1S/C12H15NO2/c1-13-6-5-9-3-4-10(15-2)7-11(9)12(13)8-14/h3-4,7-8,12H,5-6H2,1-2H3. The van der Waals surface area contributed by atoms with Gasteiger partial charge in [-0.25, -0.2) is 0 Å². The lowest BCUT2D eigenvalue weighted by Gasteiger charge is -2.31. The Kier molecular flexibility index (Phi) is 2.73. The number of benzene rings is 1. The molecule has 0 N–H and O–H groups in total. The molecule has 0 saturated carbocycles. The Morgan fingerprint density at radius 3 is 3.00 bits per heavy atom. The number of hydrogen-bond donors (Lipinski definition) is 0. The number of likely N-dealkylation sites (N-methyl/N-ethyl adjacent to an activating group) is 1. The summed E-state index contributed by atoms with van der Waals surface area (Å²) in [6.07, 6.45) is 2.00. The van der Waals surface area contributed by atoms with Crippen LogP contribution in [-0.4, -0.2) is 31.9 Å². The molecule has 3 heteroatoms. The summed E-state index contributed by atoms with van der Waals surface area (Å²) in [5.41, 5.74) is 2.34. The molecule has 1 aliphatic heterocycles. The van der Waals surface area contributed by atoms with Gasteiger partial charge in [-0.15, -0.1) is 0 Å². The Labute approximate surface area is 89.7 Å². The average molecular weight is 205 g/mol. The van der Waals surface area contributed by atoms with Crippen LogP contribution in [0.4, 0.5) is 0 Å². The minimum atomic E-state index is -0.121. The fourth-order valence-corrected chi connectivity index (χ4v) is 2.05. The van der Waals surface area contributed by atoms with Crippen LogP contribution in [0.2, 0.25) is 0 Å². The van der Waals surface area contributed by atoms with Gasteiger partial charge in [0.25, 0.3) is 0 Å². The van der Waals surface area contributed by atoms with Crippen LogP contribution in [0, 0.1) is 0 Å². The first-order valence-electron chi connectivity index (χ1n) is 5.08. The minimum absolute atomic E-state index is 0.121. The van der Waals surface area contributed by atoms with E-state index >= 15 is 0 Å². The van der Waals surface area contributed by atoms with E-state index in [9.17, 15) is 4.79 Å². The third-order valence-electron chi connectivity index (χ3n) is 3.01. The van der Waals surface area contributed by atoms with Crippen molar-refractivity contribution in [3.8, 4) is 5.75 Å². The smallest absolute Gasteiger partial charge is 0.141 e. The highest BCUT2D eigenvalue weighted by molar-refractivity contribution is 5.64. The fraction of sp³-hybridized carbons (Fsp3) is 0.417. The van der Waals surface area contributed by atoms with Crippen molar-refractivity contribution in [1.82, 2.24) is 4.90 Å². The molecule has 15 heavy (non-hydrogen) atoms. The number of nitrogens with zero attached hydrogens (tertiary/aromatic N) is 1. The fourth-order valence-electron chi connectivity index (χ4n) is 2.05. The van der Waals surface area contributed by atoms with Crippen molar-refractivity contribution in [2.45, 2.75) is 12.5 Å². The van der Waals surface area contributed by atoms with Crippen LogP contribution in [0.25, 0.3) is 0 Å². The molecule has 0 bridgehead atoms. The second-order valence-electron chi connectivity index (χ2n) is 3.88. The van der Waals surface area contributed by atoms with Crippen LogP contribution in [0.15, 0.2) is 18.2 Å². The number of hydrogen-bond acceptors (Lipinski definition) is 3. The summed E-state index contributed by atoms with van der Waals surface area (Å²) in [7, 11) is 3.62. The van der Waals surface area contributed by atoms with E-state index in [0.29, 0.717) is 0 Å². The third-order valence-corrected chi connectivity index (χ3v) is 3.01. The normalized spacial score (nSPS) is 20.8. The molecule has 1 heterocycles. The molecule has 80 valence electrons. The lowest BCUT2D eigenvalue weighted by atomic mass is 9.93. The zero-order valence-electron chi connectivity index (χ0n) is 9.06. The number of ether oxygens (including phenoxy) is 1. The van der Waals surface area contributed by atoms with Crippen molar-refractivity contribution >= 4 is 6.29 Å².